The fourth-order valence-electron chi connectivity index (χ4n) is 3.38. The van der Waals surface area contributed by atoms with Gasteiger partial charge >= 0.3 is 7.12 Å². The summed E-state index contributed by atoms with van der Waals surface area (Å²) in [5.74, 6) is 1.01. The van der Waals surface area contributed by atoms with Gasteiger partial charge in [0.2, 0.25) is 0 Å². The Balaban J connectivity index is 1.57. The van der Waals surface area contributed by atoms with Crippen molar-refractivity contribution >= 4 is 24.3 Å². The summed E-state index contributed by atoms with van der Waals surface area (Å²) in [5.41, 5.74) is 5.92. The van der Waals surface area contributed by atoms with E-state index < -0.39 is 7.12 Å². The van der Waals surface area contributed by atoms with Gasteiger partial charge in [0.05, 0.1) is 11.2 Å². The molecular formula is C18H31BN4O2S. The van der Waals surface area contributed by atoms with Gasteiger partial charge in [-0.05, 0) is 47.1 Å². The monoisotopic (exact) mass is 378 g/mol. The molecule has 1 aromatic heterocycles. The van der Waals surface area contributed by atoms with Gasteiger partial charge in [0.15, 0.2) is 5.16 Å². The summed E-state index contributed by atoms with van der Waals surface area (Å²) in [7, 11) is -0.405. The third-order valence-electron chi connectivity index (χ3n) is 5.74. The first kappa shape index (κ1) is 20.1. The maximum Gasteiger partial charge on any atom is 0.498 e. The molecule has 3 heterocycles. The number of thioether (sulfide) groups is 1. The Hall–Kier alpha value is -0.665. The van der Waals surface area contributed by atoms with E-state index >= 15 is 0 Å². The molecule has 0 unspecified atom stereocenters. The smallest absolute Gasteiger partial charge is 0.399 e. The molecule has 0 saturated carbocycles. The van der Waals surface area contributed by atoms with E-state index in [4.69, 9.17) is 15.0 Å². The van der Waals surface area contributed by atoms with E-state index in [0.29, 0.717) is 6.04 Å². The summed E-state index contributed by atoms with van der Waals surface area (Å²) in [6, 6.07) is 0.573. The highest BCUT2D eigenvalue weighted by Gasteiger charge is 2.51. The minimum atomic E-state index is -0.405. The van der Waals surface area contributed by atoms with E-state index in [1.54, 1.807) is 11.8 Å². The summed E-state index contributed by atoms with van der Waals surface area (Å²) >= 11 is 1.72. The number of aromatic nitrogens is 2. The average Bonchev–Trinajstić information content (AvgIpc) is 2.82. The third-order valence-corrected chi connectivity index (χ3v) is 6.76. The molecule has 0 amide bonds. The first-order chi connectivity index (χ1) is 12.3. The predicted octanol–water partition coefficient (Wildman–Crippen LogP) is 1.68. The Morgan fingerprint density at radius 2 is 1.85 bits per heavy atom. The summed E-state index contributed by atoms with van der Waals surface area (Å²) in [5, 5.41) is 0.809. The second kappa shape index (κ2) is 8.14. The Labute approximate surface area is 161 Å². The molecule has 26 heavy (non-hydrogen) atoms. The normalized spacial score (nSPS) is 25.6. The highest BCUT2D eigenvalue weighted by atomic mass is 32.2. The van der Waals surface area contributed by atoms with Gasteiger partial charge in [-0.1, -0.05) is 18.2 Å². The van der Waals surface area contributed by atoms with Crippen LogP contribution in [-0.4, -0.2) is 64.6 Å². The molecule has 1 atom stereocenters. The van der Waals surface area contributed by atoms with Crippen molar-refractivity contribution in [3.63, 3.8) is 0 Å². The van der Waals surface area contributed by atoms with Gasteiger partial charge in [-0.3, -0.25) is 4.90 Å². The predicted molar refractivity (Wildman–Crippen MR) is 107 cm³/mol. The molecule has 2 aliphatic heterocycles. The first-order valence-corrected chi connectivity index (χ1v) is 10.6. The van der Waals surface area contributed by atoms with Crippen molar-refractivity contribution in [1.29, 1.82) is 0 Å². The average molecular weight is 378 g/mol. The van der Waals surface area contributed by atoms with Crippen LogP contribution in [0.25, 0.3) is 0 Å². The Kier molecular flexibility index (Phi) is 6.29. The highest BCUT2D eigenvalue weighted by Crippen LogP contribution is 2.36. The quantitative estimate of drug-likeness (QED) is 0.459. The summed E-state index contributed by atoms with van der Waals surface area (Å²) < 4.78 is 12.1. The second-order valence-electron chi connectivity index (χ2n) is 8.17. The molecule has 0 aromatic carbocycles. The van der Waals surface area contributed by atoms with Crippen molar-refractivity contribution in [1.82, 2.24) is 14.9 Å². The minimum Gasteiger partial charge on any atom is -0.399 e. The lowest BCUT2D eigenvalue weighted by molar-refractivity contribution is 0.00578. The molecular weight excluding hydrogens is 347 g/mol. The topological polar surface area (TPSA) is 73.5 Å². The third kappa shape index (κ3) is 4.42. The lowest BCUT2D eigenvalue weighted by atomic mass is 9.81. The second-order valence-corrected chi connectivity index (χ2v) is 9.16. The molecule has 0 bridgehead atoms. The molecule has 0 radical (unpaired) electrons. The van der Waals surface area contributed by atoms with Crippen LogP contribution in [0.1, 0.15) is 47.0 Å². The van der Waals surface area contributed by atoms with E-state index in [2.05, 4.69) is 42.6 Å². The van der Waals surface area contributed by atoms with Crippen molar-refractivity contribution in [2.45, 2.75) is 69.4 Å². The fourth-order valence-corrected chi connectivity index (χ4v) is 4.35. The zero-order chi connectivity index (χ0) is 18.8. The van der Waals surface area contributed by atoms with Crippen LogP contribution in [0.15, 0.2) is 17.6 Å². The van der Waals surface area contributed by atoms with E-state index in [-0.39, 0.29) is 11.2 Å². The first-order valence-electron chi connectivity index (χ1n) is 9.57. The maximum atomic E-state index is 6.06. The lowest BCUT2D eigenvalue weighted by Gasteiger charge is -2.35. The zero-order valence-electron chi connectivity index (χ0n) is 16.4. The SMILES string of the molecule is CC1(C)OB(c2cnc(SC[C@@H]3CCCCN3CCN)nc2)OC1(C)C. The standard InChI is InChI=1S/C18H31BN4O2S/c1-17(2)18(3,4)25-19(24-17)14-11-21-16(22-12-14)26-13-15-7-5-6-9-23(15)10-8-20/h11-12,15H,5-10,13,20H2,1-4H3/t15-/m0/s1. The van der Waals surface area contributed by atoms with Crippen molar-refractivity contribution in [2.24, 2.45) is 5.73 Å². The van der Waals surface area contributed by atoms with Crippen molar-refractivity contribution < 1.29 is 9.31 Å². The molecule has 0 spiro atoms. The van der Waals surface area contributed by atoms with Crippen LogP contribution in [0, 0.1) is 0 Å². The van der Waals surface area contributed by atoms with Gasteiger partial charge in [-0.2, -0.15) is 0 Å². The van der Waals surface area contributed by atoms with E-state index in [0.717, 1.165) is 36.0 Å². The van der Waals surface area contributed by atoms with E-state index in [9.17, 15) is 0 Å². The van der Waals surface area contributed by atoms with Crippen LogP contribution in [-0.2, 0) is 9.31 Å². The van der Waals surface area contributed by atoms with E-state index in [1.165, 1.54) is 19.3 Å². The number of hydrogen-bond donors (Lipinski definition) is 1. The Morgan fingerprint density at radius 1 is 1.19 bits per heavy atom. The molecule has 6 nitrogen and oxygen atoms in total. The van der Waals surface area contributed by atoms with Crippen LogP contribution in [0.4, 0.5) is 0 Å². The van der Waals surface area contributed by atoms with Crippen LogP contribution < -0.4 is 11.2 Å². The molecule has 8 heteroatoms. The van der Waals surface area contributed by atoms with Gasteiger partial charge < -0.3 is 15.0 Å². The minimum absolute atomic E-state index is 0.349. The van der Waals surface area contributed by atoms with Gasteiger partial charge in [-0.25, -0.2) is 9.97 Å². The van der Waals surface area contributed by atoms with Gasteiger partial charge in [0.25, 0.3) is 0 Å². The lowest BCUT2D eigenvalue weighted by Crippen LogP contribution is -2.43. The fraction of sp³-hybridized carbons (Fsp3) is 0.778. The molecule has 2 fully saturated rings. The van der Waals surface area contributed by atoms with Crippen LogP contribution in [0.2, 0.25) is 0 Å². The van der Waals surface area contributed by atoms with Crippen LogP contribution >= 0.6 is 11.8 Å². The molecule has 2 N–H and O–H groups in total. The Morgan fingerprint density at radius 3 is 2.46 bits per heavy atom. The number of nitrogens with two attached hydrogens (primary N) is 1. The largest absolute Gasteiger partial charge is 0.498 e. The maximum absolute atomic E-state index is 6.06. The molecule has 2 aliphatic rings. The molecule has 144 valence electrons. The van der Waals surface area contributed by atoms with Crippen molar-refractivity contribution in [3.8, 4) is 0 Å². The summed E-state index contributed by atoms with van der Waals surface area (Å²) in [6.45, 7) is 11.1. The summed E-state index contributed by atoms with van der Waals surface area (Å²) in [6.07, 6.45) is 7.47. The zero-order valence-corrected chi connectivity index (χ0v) is 17.2. The number of rotatable bonds is 6. The molecule has 2 saturated heterocycles. The van der Waals surface area contributed by atoms with Crippen LogP contribution in [0.3, 0.4) is 0 Å². The van der Waals surface area contributed by atoms with Crippen molar-refractivity contribution in [3.05, 3.63) is 12.4 Å². The molecule has 1 aromatic rings. The van der Waals surface area contributed by atoms with Gasteiger partial charge in [0.1, 0.15) is 0 Å². The number of piperidine rings is 1. The highest BCUT2D eigenvalue weighted by molar-refractivity contribution is 7.99. The Bertz CT molecular complexity index is 581. The van der Waals surface area contributed by atoms with Crippen LogP contribution in [0.5, 0.6) is 0 Å². The van der Waals surface area contributed by atoms with Crippen molar-refractivity contribution in [2.75, 3.05) is 25.4 Å². The number of nitrogens with zero attached hydrogens (tertiary/aromatic N) is 3. The number of hydrogen-bond acceptors (Lipinski definition) is 7. The van der Waals surface area contributed by atoms with E-state index in [1.807, 2.05) is 12.4 Å². The van der Waals surface area contributed by atoms with Gasteiger partial charge in [0, 0.05) is 42.7 Å². The number of likely N-dealkylation sites (tertiary alicyclic amines) is 1. The summed E-state index contributed by atoms with van der Waals surface area (Å²) in [4.78, 5) is 11.6. The molecule has 3 rings (SSSR count). The van der Waals surface area contributed by atoms with Gasteiger partial charge in [-0.15, -0.1) is 0 Å². The molecule has 0 aliphatic carbocycles.